The van der Waals surface area contributed by atoms with Crippen molar-refractivity contribution in [3.05, 3.63) is 40.9 Å². The fourth-order valence-electron chi connectivity index (χ4n) is 0.906. The summed E-state index contributed by atoms with van der Waals surface area (Å²) in [5.41, 5.74) is 1.09. The summed E-state index contributed by atoms with van der Waals surface area (Å²) in [7, 11) is 0. The fourth-order valence-corrected chi connectivity index (χ4v) is 1.11. The summed E-state index contributed by atoms with van der Waals surface area (Å²) in [6.45, 7) is 4.29. The molecule has 12 heavy (non-hydrogen) atoms. The van der Waals surface area contributed by atoms with Crippen LogP contribution in [0.25, 0.3) is 6.08 Å². The Morgan fingerprint density at radius 3 is 2.50 bits per heavy atom. The van der Waals surface area contributed by atoms with Gasteiger partial charge in [0, 0.05) is 5.02 Å². The molecule has 1 aromatic carbocycles. The Morgan fingerprint density at radius 2 is 1.92 bits per heavy atom. The maximum Gasteiger partial charge on any atom is 0.0478 e. The summed E-state index contributed by atoms with van der Waals surface area (Å²) < 4.78 is 0. The minimum absolute atomic E-state index is 0.571. The first-order valence-corrected chi connectivity index (χ1v) is 4.50. The molecule has 0 saturated heterocycles. The van der Waals surface area contributed by atoms with E-state index in [4.69, 9.17) is 11.6 Å². The van der Waals surface area contributed by atoms with Crippen molar-refractivity contribution in [1.29, 1.82) is 0 Å². The van der Waals surface area contributed by atoms with Crippen molar-refractivity contribution >= 4 is 17.7 Å². The Bertz CT molecular complexity index is 274. The maximum absolute atomic E-state index is 5.96. The summed E-state index contributed by atoms with van der Waals surface area (Å²) in [6, 6.07) is 7.85. The third-order valence-electron chi connectivity index (χ3n) is 1.57. The second-order valence-corrected chi connectivity index (χ2v) is 3.53. The summed E-state index contributed by atoms with van der Waals surface area (Å²) in [6.07, 6.45) is 4.20. The van der Waals surface area contributed by atoms with E-state index in [1.165, 1.54) is 0 Å². The Balaban J connectivity index is 2.82. The summed E-state index contributed by atoms with van der Waals surface area (Å²) in [5, 5.41) is 0.814. The zero-order chi connectivity index (χ0) is 8.97. The van der Waals surface area contributed by atoms with Gasteiger partial charge in [0.25, 0.3) is 0 Å². The van der Waals surface area contributed by atoms with Crippen LogP contribution in [-0.4, -0.2) is 0 Å². The van der Waals surface area contributed by atoms with Gasteiger partial charge in [-0.15, -0.1) is 0 Å². The standard InChI is InChI=1S/C11H13Cl/c1-9(2)7-8-10-5-3-4-6-11(10)12/h3-9H,1-2H3/b8-7+. The molecule has 0 bridgehead atoms. The average Bonchev–Trinajstić information content (AvgIpc) is 2.03. The Morgan fingerprint density at radius 1 is 1.25 bits per heavy atom. The molecule has 0 spiro atoms. The highest BCUT2D eigenvalue weighted by Gasteiger charge is 1.92. The van der Waals surface area contributed by atoms with E-state index in [0.717, 1.165) is 10.6 Å². The monoisotopic (exact) mass is 180 g/mol. The van der Waals surface area contributed by atoms with Crippen molar-refractivity contribution in [3.8, 4) is 0 Å². The molecular weight excluding hydrogens is 168 g/mol. The van der Waals surface area contributed by atoms with Gasteiger partial charge in [-0.1, -0.05) is 55.8 Å². The van der Waals surface area contributed by atoms with Gasteiger partial charge < -0.3 is 0 Å². The van der Waals surface area contributed by atoms with E-state index in [9.17, 15) is 0 Å². The van der Waals surface area contributed by atoms with Crippen LogP contribution < -0.4 is 0 Å². The first-order valence-electron chi connectivity index (χ1n) is 4.13. The van der Waals surface area contributed by atoms with Crippen molar-refractivity contribution in [2.45, 2.75) is 13.8 Å². The van der Waals surface area contributed by atoms with Crippen LogP contribution in [-0.2, 0) is 0 Å². The average molecular weight is 181 g/mol. The number of hydrogen-bond donors (Lipinski definition) is 0. The highest BCUT2D eigenvalue weighted by atomic mass is 35.5. The fraction of sp³-hybridized carbons (Fsp3) is 0.273. The molecule has 0 amide bonds. The zero-order valence-electron chi connectivity index (χ0n) is 7.42. The van der Waals surface area contributed by atoms with E-state index in [-0.39, 0.29) is 0 Å². The quantitative estimate of drug-likeness (QED) is 0.645. The zero-order valence-corrected chi connectivity index (χ0v) is 8.18. The summed E-state index contributed by atoms with van der Waals surface area (Å²) >= 11 is 5.96. The van der Waals surface area contributed by atoms with Gasteiger partial charge in [0.2, 0.25) is 0 Å². The number of rotatable bonds is 2. The van der Waals surface area contributed by atoms with Crippen LogP contribution in [0.2, 0.25) is 5.02 Å². The molecule has 0 fully saturated rings. The van der Waals surface area contributed by atoms with Crippen molar-refractivity contribution < 1.29 is 0 Å². The van der Waals surface area contributed by atoms with Crippen LogP contribution in [0.4, 0.5) is 0 Å². The first kappa shape index (κ1) is 9.34. The number of halogens is 1. The molecule has 0 unspecified atom stereocenters. The summed E-state index contributed by atoms with van der Waals surface area (Å²) in [4.78, 5) is 0. The second kappa shape index (κ2) is 4.32. The van der Waals surface area contributed by atoms with Gasteiger partial charge in [-0.2, -0.15) is 0 Å². The van der Waals surface area contributed by atoms with Gasteiger partial charge in [0.1, 0.15) is 0 Å². The highest BCUT2D eigenvalue weighted by Crippen LogP contribution is 2.16. The lowest BCUT2D eigenvalue weighted by molar-refractivity contribution is 0.836. The molecule has 0 heterocycles. The van der Waals surface area contributed by atoms with Crippen molar-refractivity contribution in [1.82, 2.24) is 0 Å². The van der Waals surface area contributed by atoms with Crippen LogP contribution in [0.3, 0.4) is 0 Å². The maximum atomic E-state index is 5.96. The lowest BCUT2D eigenvalue weighted by atomic mass is 10.1. The lowest BCUT2D eigenvalue weighted by Gasteiger charge is -1.97. The van der Waals surface area contributed by atoms with Crippen molar-refractivity contribution in [2.24, 2.45) is 5.92 Å². The molecule has 1 rings (SSSR count). The third-order valence-corrected chi connectivity index (χ3v) is 1.91. The summed E-state index contributed by atoms with van der Waals surface area (Å²) in [5.74, 6) is 0.571. The largest absolute Gasteiger partial charge is 0.0837 e. The molecule has 0 N–H and O–H groups in total. The minimum Gasteiger partial charge on any atom is -0.0837 e. The molecule has 0 nitrogen and oxygen atoms in total. The van der Waals surface area contributed by atoms with E-state index >= 15 is 0 Å². The number of benzene rings is 1. The van der Waals surface area contributed by atoms with Crippen LogP contribution in [0, 0.1) is 5.92 Å². The van der Waals surface area contributed by atoms with E-state index in [2.05, 4.69) is 26.0 Å². The number of allylic oxidation sites excluding steroid dienone is 1. The Kier molecular flexibility index (Phi) is 3.36. The van der Waals surface area contributed by atoms with Crippen molar-refractivity contribution in [3.63, 3.8) is 0 Å². The van der Waals surface area contributed by atoms with E-state index in [0.29, 0.717) is 5.92 Å². The second-order valence-electron chi connectivity index (χ2n) is 3.12. The molecule has 1 aromatic rings. The normalized spacial score (nSPS) is 11.3. The topological polar surface area (TPSA) is 0 Å². The van der Waals surface area contributed by atoms with Crippen LogP contribution in [0.15, 0.2) is 30.3 Å². The molecule has 64 valence electrons. The highest BCUT2D eigenvalue weighted by molar-refractivity contribution is 6.32. The molecule has 1 heteroatoms. The predicted molar refractivity (Wildman–Crippen MR) is 55.3 cm³/mol. The van der Waals surface area contributed by atoms with E-state index in [1.807, 2.05) is 24.3 Å². The van der Waals surface area contributed by atoms with Gasteiger partial charge in [-0.05, 0) is 17.5 Å². The lowest BCUT2D eigenvalue weighted by Crippen LogP contribution is -1.78. The van der Waals surface area contributed by atoms with Crippen molar-refractivity contribution in [2.75, 3.05) is 0 Å². The Hall–Kier alpha value is -0.750. The minimum atomic E-state index is 0.571. The van der Waals surface area contributed by atoms with Gasteiger partial charge >= 0.3 is 0 Å². The van der Waals surface area contributed by atoms with Crippen LogP contribution >= 0.6 is 11.6 Å². The van der Waals surface area contributed by atoms with E-state index in [1.54, 1.807) is 0 Å². The van der Waals surface area contributed by atoms with Crippen LogP contribution in [0.1, 0.15) is 19.4 Å². The molecule has 0 atom stereocenters. The molecule has 0 aliphatic carbocycles. The molecule has 0 aliphatic rings. The molecular formula is C11H13Cl. The predicted octanol–water partition coefficient (Wildman–Crippen LogP) is 4.01. The van der Waals surface area contributed by atoms with Gasteiger partial charge in [-0.3, -0.25) is 0 Å². The van der Waals surface area contributed by atoms with Gasteiger partial charge in [0.05, 0.1) is 0 Å². The number of hydrogen-bond acceptors (Lipinski definition) is 0. The SMILES string of the molecule is CC(C)/C=C/c1ccccc1Cl. The molecule has 0 radical (unpaired) electrons. The van der Waals surface area contributed by atoms with Crippen LogP contribution in [0.5, 0.6) is 0 Å². The molecule has 0 aromatic heterocycles. The molecule has 0 saturated carbocycles. The smallest absolute Gasteiger partial charge is 0.0478 e. The first-order chi connectivity index (χ1) is 5.70. The third kappa shape index (κ3) is 2.71. The Labute approximate surface area is 78.9 Å². The van der Waals surface area contributed by atoms with Gasteiger partial charge in [-0.25, -0.2) is 0 Å². The van der Waals surface area contributed by atoms with E-state index < -0.39 is 0 Å². The van der Waals surface area contributed by atoms with Gasteiger partial charge in [0.15, 0.2) is 0 Å². The molecule has 0 aliphatic heterocycles.